The van der Waals surface area contributed by atoms with Crippen LogP contribution >= 0.6 is 11.6 Å². The molecule has 0 saturated heterocycles. The molecule has 0 saturated carbocycles. The van der Waals surface area contributed by atoms with Gasteiger partial charge in [-0.25, -0.2) is 4.79 Å². The molecule has 0 spiro atoms. The average molecular weight is 413 g/mol. The number of ether oxygens (including phenoxy) is 3. The van der Waals surface area contributed by atoms with E-state index in [0.29, 0.717) is 0 Å². The van der Waals surface area contributed by atoms with Crippen molar-refractivity contribution in [2.24, 2.45) is 0 Å². The zero-order chi connectivity index (χ0) is 21.0. The largest absolute Gasteiger partial charge is 0.493 e. The highest BCUT2D eigenvalue weighted by Crippen LogP contribution is 2.35. The first-order valence-electron chi connectivity index (χ1n) is 7.98. The molecule has 0 radical (unpaired) electrons. The summed E-state index contributed by atoms with van der Waals surface area (Å²) in [5.41, 5.74) is -2.52. The highest BCUT2D eigenvalue weighted by atomic mass is 35.5. The Labute approximate surface area is 164 Å². The molecule has 2 rings (SSSR count). The number of nitro groups is 1. The molecule has 0 aliphatic carbocycles. The van der Waals surface area contributed by atoms with Gasteiger partial charge >= 0.3 is 5.97 Å². The molecule has 0 N–H and O–H groups in total. The molecular formula is C16H17ClN4O7. The first-order valence-corrected chi connectivity index (χ1v) is 8.41. The van der Waals surface area contributed by atoms with E-state index in [-0.39, 0.29) is 23.7 Å². The van der Waals surface area contributed by atoms with Crippen molar-refractivity contribution < 1.29 is 28.7 Å². The van der Waals surface area contributed by atoms with Crippen molar-refractivity contribution in [1.29, 1.82) is 0 Å². The lowest BCUT2D eigenvalue weighted by Crippen LogP contribution is -2.14. The van der Waals surface area contributed by atoms with Crippen LogP contribution in [-0.2, 0) is 4.74 Å². The molecule has 28 heavy (non-hydrogen) atoms. The van der Waals surface area contributed by atoms with Gasteiger partial charge in [-0.1, -0.05) is 11.6 Å². The van der Waals surface area contributed by atoms with Gasteiger partial charge < -0.3 is 14.2 Å². The third-order valence-corrected chi connectivity index (χ3v) is 3.75. The van der Waals surface area contributed by atoms with E-state index in [2.05, 4.69) is 10.2 Å². The van der Waals surface area contributed by atoms with Gasteiger partial charge in [-0.3, -0.25) is 14.9 Å². The molecule has 1 atom stereocenters. The molecule has 2 aromatic rings. The Balaban J connectivity index is 2.68. The smallest absolute Gasteiger partial charge is 0.361 e. The lowest BCUT2D eigenvalue weighted by atomic mass is 10.0. The lowest BCUT2D eigenvalue weighted by Gasteiger charge is -2.09. The minimum Gasteiger partial charge on any atom is -0.493 e. The van der Waals surface area contributed by atoms with Crippen molar-refractivity contribution >= 4 is 29.0 Å². The van der Waals surface area contributed by atoms with Crippen molar-refractivity contribution in [2.45, 2.75) is 19.3 Å². The van der Waals surface area contributed by atoms with E-state index in [9.17, 15) is 19.7 Å². The zero-order valence-corrected chi connectivity index (χ0v) is 16.2. The molecule has 0 aliphatic heterocycles. The number of benzene rings is 1. The van der Waals surface area contributed by atoms with E-state index >= 15 is 0 Å². The zero-order valence-electron chi connectivity index (χ0n) is 15.5. The molecule has 0 fully saturated rings. The predicted octanol–water partition coefficient (Wildman–Crippen LogP) is 2.37. The maximum absolute atomic E-state index is 13.0. The molecule has 12 heteroatoms. The van der Waals surface area contributed by atoms with Crippen LogP contribution in [0.5, 0.6) is 11.5 Å². The number of hydrogen-bond acceptors (Lipinski definition) is 9. The summed E-state index contributed by atoms with van der Waals surface area (Å²) >= 11 is 5.92. The first kappa shape index (κ1) is 21.1. The highest BCUT2D eigenvalue weighted by molar-refractivity contribution is 6.19. The minimum atomic E-state index is -0.917. The van der Waals surface area contributed by atoms with Crippen LogP contribution in [0.15, 0.2) is 12.1 Å². The standard InChI is InChI=1S/C16H17ClN4O7/c1-5-28-16(23)14-13(18-20(19-14)8(2)17)15(22)9-6-11(26-3)12(27-4)7-10(9)21(24)25/h6-8H,5H2,1-4H3. The Morgan fingerprint density at radius 2 is 1.79 bits per heavy atom. The Hall–Kier alpha value is -3.21. The van der Waals surface area contributed by atoms with Crippen LogP contribution in [0.25, 0.3) is 0 Å². The van der Waals surface area contributed by atoms with Crippen molar-refractivity contribution in [3.63, 3.8) is 0 Å². The lowest BCUT2D eigenvalue weighted by molar-refractivity contribution is -0.385. The van der Waals surface area contributed by atoms with Crippen LogP contribution in [0, 0.1) is 10.1 Å². The van der Waals surface area contributed by atoms with E-state index in [1.807, 2.05) is 0 Å². The van der Waals surface area contributed by atoms with Gasteiger partial charge in [-0.05, 0) is 13.8 Å². The third-order valence-electron chi connectivity index (χ3n) is 3.57. The maximum atomic E-state index is 13.0. The summed E-state index contributed by atoms with van der Waals surface area (Å²) < 4.78 is 15.0. The van der Waals surface area contributed by atoms with E-state index < -0.39 is 39.3 Å². The Bertz CT molecular complexity index is 926. The van der Waals surface area contributed by atoms with Crippen LogP contribution in [0.3, 0.4) is 0 Å². The van der Waals surface area contributed by atoms with Crippen LogP contribution < -0.4 is 9.47 Å². The average Bonchev–Trinajstić information content (AvgIpc) is 3.12. The topological polar surface area (TPSA) is 136 Å². The van der Waals surface area contributed by atoms with Gasteiger partial charge in [-0.15, -0.1) is 10.2 Å². The van der Waals surface area contributed by atoms with E-state index in [4.69, 9.17) is 25.8 Å². The van der Waals surface area contributed by atoms with Gasteiger partial charge in [0.05, 0.1) is 31.8 Å². The van der Waals surface area contributed by atoms with Crippen LogP contribution in [0.4, 0.5) is 5.69 Å². The molecular weight excluding hydrogens is 396 g/mol. The second-order valence-corrected chi connectivity index (χ2v) is 5.95. The first-order chi connectivity index (χ1) is 13.2. The molecule has 0 bridgehead atoms. The summed E-state index contributed by atoms with van der Waals surface area (Å²) in [6, 6.07) is 2.18. The van der Waals surface area contributed by atoms with Crippen molar-refractivity contribution in [1.82, 2.24) is 15.0 Å². The summed E-state index contributed by atoms with van der Waals surface area (Å²) in [6.07, 6.45) is 0. The molecule has 0 amide bonds. The number of esters is 1. The Kier molecular flexibility index (Phi) is 6.52. The van der Waals surface area contributed by atoms with Crippen molar-refractivity contribution in [3.8, 4) is 11.5 Å². The normalized spacial score (nSPS) is 11.6. The number of nitro benzene ring substituents is 1. The van der Waals surface area contributed by atoms with Gasteiger partial charge in [0.25, 0.3) is 5.69 Å². The summed E-state index contributed by atoms with van der Waals surface area (Å²) in [5.74, 6) is -1.67. The molecule has 1 unspecified atom stereocenters. The molecule has 1 heterocycles. The number of rotatable bonds is 8. The van der Waals surface area contributed by atoms with Gasteiger partial charge in [-0.2, -0.15) is 4.80 Å². The number of hydrogen-bond donors (Lipinski definition) is 0. The second kappa shape index (κ2) is 8.65. The van der Waals surface area contributed by atoms with Gasteiger partial charge in [0.2, 0.25) is 11.5 Å². The fraction of sp³-hybridized carbons (Fsp3) is 0.375. The predicted molar refractivity (Wildman–Crippen MR) is 96.2 cm³/mol. The van der Waals surface area contributed by atoms with Crippen molar-refractivity contribution in [2.75, 3.05) is 20.8 Å². The number of alkyl halides is 1. The van der Waals surface area contributed by atoms with Crippen LogP contribution in [0.2, 0.25) is 0 Å². The van der Waals surface area contributed by atoms with Crippen LogP contribution in [-0.4, -0.2) is 52.5 Å². The summed E-state index contributed by atoms with van der Waals surface area (Å²) in [4.78, 5) is 36.8. The molecule has 1 aromatic heterocycles. The molecule has 1 aromatic carbocycles. The Morgan fingerprint density at radius 3 is 2.29 bits per heavy atom. The quantitative estimate of drug-likeness (QED) is 0.210. The number of aromatic nitrogens is 3. The molecule has 150 valence electrons. The monoisotopic (exact) mass is 412 g/mol. The van der Waals surface area contributed by atoms with E-state index in [1.165, 1.54) is 21.1 Å². The number of ketones is 1. The SMILES string of the molecule is CCOC(=O)c1nn(C(C)Cl)nc1C(=O)c1cc(OC)c(OC)cc1[N+](=O)[O-]. The summed E-state index contributed by atoms with van der Waals surface area (Å²) in [5, 5.41) is 19.3. The van der Waals surface area contributed by atoms with Gasteiger partial charge in [0.1, 0.15) is 11.1 Å². The van der Waals surface area contributed by atoms with Crippen LogP contribution in [0.1, 0.15) is 45.9 Å². The highest BCUT2D eigenvalue weighted by Gasteiger charge is 2.32. The third kappa shape index (κ3) is 4.03. The second-order valence-electron chi connectivity index (χ2n) is 5.32. The minimum absolute atomic E-state index is 0.0340. The van der Waals surface area contributed by atoms with E-state index in [1.54, 1.807) is 6.92 Å². The van der Waals surface area contributed by atoms with Gasteiger partial charge in [0.15, 0.2) is 17.2 Å². The Morgan fingerprint density at radius 1 is 1.21 bits per heavy atom. The number of nitrogens with zero attached hydrogens (tertiary/aromatic N) is 4. The number of carbonyl (C=O) groups excluding carboxylic acids is 2. The number of methoxy groups -OCH3 is 2. The fourth-order valence-corrected chi connectivity index (χ4v) is 2.39. The molecule has 11 nitrogen and oxygen atoms in total. The van der Waals surface area contributed by atoms with E-state index in [0.717, 1.165) is 16.9 Å². The van der Waals surface area contributed by atoms with Crippen molar-refractivity contribution in [3.05, 3.63) is 39.2 Å². The fourth-order valence-electron chi connectivity index (χ4n) is 2.30. The number of halogens is 1. The number of carbonyl (C=O) groups is 2. The summed E-state index contributed by atoms with van der Waals surface area (Å²) in [6.45, 7) is 3.13. The van der Waals surface area contributed by atoms with Gasteiger partial charge in [0, 0.05) is 6.07 Å². The maximum Gasteiger partial charge on any atom is 0.361 e. The summed E-state index contributed by atoms with van der Waals surface area (Å²) in [7, 11) is 2.61. The molecule has 0 aliphatic rings.